The highest BCUT2D eigenvalue weighted by Crippen LogP contribution is 2.28. The monoisotopic (exact) mass is 375 g/mol. The number of anilines is 2. The van der Waals surface area contributed by atoms with E-state index in [4.69, 9.17) is 5.73 Å². The van der Waals surface area contributed by atoms with E-state index < -0.39 is 0 Å². The highest BCUT2D eigenvalue weighted by molar-refractivity contribution is 7.15. The van der Waals surface area contributed by atoms with Gasteiger partial charge < -0.3 is 10.6 Å². The largest absolute Gasteiger partial charge is 0.375 e. The van der Waals surface area contributed by atoms with E-state index >= 15 is 0 Å². The number of hydrogen-bond donors (Lipinski definition) is 1. The molecule has 132 valence electrons. The Balaban J connectivity index is 0.00000182. The van der Waals surface area contributed by atoms with Gasteiger partial charge in [0.2, 0.25) is 0 Å². The van der Waals surface area contributed by atoms with Crippen LogP contribution in [0.1, 0.15) is 11.8 Å². The van der Waals surface area contributed by atoms with Crippen molar-refractivity contribution in [2.24, 2.45) is 0 Å². The first-order valence-corrected chi connectivity index (χ1v) is 9.04. The molecule has 1 saturated heterocycles. The number of rotatable bonds is 3. The third-order valence-corrected chi connectivity index (χ3v) is 5.51. The molecule has 1 fully saturated rings. The van der Waals surface area contributed by atoms with Crippen LogP contribution in [-0.2, 0) is 6.54 Å². The van der Waals surface area contributed by atoms with Crippen LogP contribution >= 0.6 is 23.7 Å². The van der Waals surface area contributed by atoms with E-state index in [0.717, 1.165) is 26.2 Å². The summed E-state index contributed by atoms with van der Waals surface area (Å²) >= 11 is 1.59. The number of nitrogens with zero attached hydrogens (tertiary/aromatic N) is 4. The van der Waals surface area contributed by atoms with Gasteiger partial charge >= 0.3 is 0 Å². The van der Waals surface area contributed by atoms with E-state index in [-0.39, 0.29) is 12.4 Å². The van der Waals surface area contributed by atoms with E-state index in [0.29, 0.717) is 11.2 Å². The number of piperazine rings is 1. The predicted octanol–water partition coefficient (Wildman–Crippen LogP) is 3.41. The quantitative estimate of drug-likeness (QED) is 0.760. The first-order valence-electron chi connectivity index (χ1n) is 8.22. The molecule has 0 saturated carbocycles. The molecule has 7 heteroatoms. The molecule has 2 N–H and O–H groups in total. The van der Waals surface area contributed by atoms with Crippen LogP contribution in [0.5, 0.6) is 0 Å². The van der Waals surface area contributed by atoms with Gasteiger partial charge in [0, 0.05) is 72.1 Å². The second kappa shape index (κ2) is 7.56. The molecule has 1 unspecified atom stereocenters. The van der Waals surface area contributed by atoms with Crippen LogP contribution in [0.15, 0.2) is 42.9 Å². The van der Waals surface area contributed by atoms with Crippen LogP contribution in [0.4, 0.5) is 10.8 Å². The maximum absolute atomic E-state index is 5.74. The summed E-state index contributed by atoms with van der Waals surface area (Å²) in [5.74, 6) is 0. The summed E-state index contributed by atoms with van der Waals surface area (Å²) in [6.45, 7) is 6.32. The van der Waals surface area contributed by atoms with Gasteiger partial charge in [-0.05, 0) is 19.1 Å². The lowest BCUT2D eigenvalue weighted by Crippen LogP contribution is -2.51. The van der Waals surface area contributed by atoms with Gasteiger partial charge in [0.15, 0.2) is 5.13 Å². The van der Waals surface area contributed by atoms with Crippen molar-refractivity contribution < 1.29 is 0 Å². The van der Waals surface area contributed by atoms with Crippen molar-refractivity contribution in [2.75, 3.05) is 30.3 Å². The molecule has 25 heavy (non-hydrogen) atoms. The Morgan fingerprint density at radius 1 is 1.24 bits per heavy atom. The van der Waals surface area contributed by atoms with E-state index in [1.807, 2.05) is 18.6 Å². The summed E-state index contributed by atoms with van der Waals surface area (Å²) in [6.07, 6.45) is 5.71. The molecule has 3 aromatic rings. The van der Waals surface area contributed by atoms with Gasteiger partial charge in [0.05, 0.1) is 0 Å². The topological polar surface area (TPSA) is 58.3 Å². The van der Waals surface area contributed by atoms with Crippen LogP contribution in [0, 0.1) is 0 Å². The third-order valence-electron chi connectivity index (χ3n) is 4.69. The molecule has 5 nitrogen and oxygen atoms in total. The Morgan fingerprint density at radius 3 is 2.88 bits per heavy atom. The number of thiazole rings is 1. The predicted molar refractivity (Wildman–Crippen MR) is 108 cm³/mol. The molecule has 1 aromatic carbocycles. The Kier molecular flexibility index (Phi) is 5.42. The summed E-state index contributed by atoms with van der Waals surface area (Å²) in [5.41, 5.74) is 7.05. The van der Waals surface area contributed by atoms with Crippen molar-refractivity contribution in [1.82, 2.24) is 14.9 Å². The molecule has 0 radical (unpaired) electrons. The number of nitrogen functional groups attached to an aromatic ring is 1. The number of aromatic nitrogens is 2. The SMILES string of the molecule is CC1CN(c2cccc3cnccc23)CCN1Cc1cnc(N)s1.Cl. The maximum Gasteiger partial charge on any atom is 0.180 e. The standard InChI is InChI=1S/C18H21N5S.ClH/c1-13-11-23(8-7-22(13)12-15-10-21-18(19)24-15)17-4-2-3-14-9-20-6-5-16(14)17;/h2-6,9-10,13H,7-8,11-12H2,1H3,(H2,19,21);1H. The minimum absolute atomic E-state index is 0. The number of fused-ring (bicyclic) bond motifs is 1. The van der Waals surface area contributed by atoms with Gasteiger partial charge in [0.25, 0.3) is 0 Å². The van der Waals surface area contributed by atoms with Gasteiger partial charge in [-0.2, -0.15) is 0 Å². The normalized spacial score (nSPS) is 18.3. The summed E-state index contributed by atoms with van der Waals surface area (Å²) in [5, 5.41) is 3.13. The van der Waals surface area contributed by atoms with Crippen molar-refractivity contribution in [3.05, 3.63) is 47.7 Å². The highest BCUT2D eigenvalue weighted by atomic mass is 35.5. The van der Waals surface area contributed by atoms with Crippen LogP contribution in [0.25, 0.3) is 10.8 Å². The van der Waals surface area contributed by atoms with E-state index in [1.165, 1.54) is 21.3 Å². The fourth-order valence-corrected chi connectivity index (χ4v) is 4.14. The molecular formula is C18H22ClN5S. The molecule has 4 rings (SSSR count). The molecule has 0 bridgehead atoms. The van der Waals surface area contributed by atoms with Gasteiger partial charge in [0.1, 0.15) is 0 Å². The zero-order valence-electron chi connectivity index (χ0n) is 14.1. The van der Waals surface area contributed by atoms with E-state index in [1.54, 1.807) is 11.3 Å². The Labute approximate surface area is 157 Å². The van der Waals surface area contributed by atoms with Crippen LogP contribution in [0.2, 0.25) is 0 Å². The number of halogens is 1. The molecule has 0 spiro atoms. The summed E-state index contributed by atoms with van der Waals surface area (Å²) in [7, 11) is 0. The van der Waals surface area contributed by atoms with E-state index in [2.05, 4.69) is 51.0 Å². The fraction of sp³-hybridized carbons (Fsp3) is 0.333. The highest BCUT2D eigenvalue weighted by Gasteiger charge is 2.25. The van der Waals surface area contributed by atoms with Gasteiger partial charge in [-0.25, -0.2) is 4.98 Å². The van der Waals surface area contributed by atoms with Gasteiger partial charge in [-0.15, -0.1) is 23.7 Å². The molecule has 1 aliphatic rings. The molecule has 1 atom stereocenters. The van der Waals surface area contributed by atoms with Crippen molar-refractivity contribution >= 4 is 45.3 Å². The van der Waals surface area contributed by atoms with Crippen LogP contribution in [0.3, 0.4) is 0 Å². The lowest BCUT2D eigenvalue weighted by Gasteiger charge is -2.41. The summed E-state index contributed by atoms with van der Waals surface area (Å²) < 4.78 is 0. The fourth-order valence-electron chi connectivity index (χ4n) is 3.43. The minimum atomic E-state index is 0. The molecule has 0 amide bonds. The number of hydrogen-bond acceptors (Lipinski definition) is 6. The number of pyridine rings is 1. The molecular weight excluding hydrogens is 354 g/mol. The molecule has 3 heterocycles. The van der Waals surface area contributed by atoms with Gasteiger partial charge in [-0.3, -0.25) is 9.88 Å². The van der Waals surface area contributed by atoms with Gasteiger partial charge in [-0.1, -0.05) is 12.1 Å². The Bertz CT molecular complexity index is 847. The van der Waals surface area contributed by atoms with E-state index in [9.17, 15) is 0 Å². The second-order valence-electron chi connectivity index (χ2n) is 6.30. The number of benzene rings is 1. The zero-order valence-corrected chi connectivity index (χ0v) is 15.8. The van der Waals surface area contributed by atoms with Crippen molar-refractivity contribution in [3.63, 3.8) is 0 Å². The summed E-state index contributed by atoms with van der Waals surface area (Å²) in [6, 6.07) is 9.06. The summed E-state index contributed by atoms with van der Waals surface area (Å²) in [4.78, 5) is 14.6. The lowest BCUT2D eigenvalue weighted by atomic mass is 10.1. The molecule has 0 aliphatic carbocycles. The first-order chi connectivity index (χ1) is 11.7. The molecule has 2 aromatic heterocycles. The zero-order chi connectivity index (χ0) is 16.5. The maximum atomic E-state index is 5.74. The van der Waals surface area contributed by atoms with Crippen molar-refractivity contribution in [2.45, 2.75) is 19.5 Å². The average Bonchev–Trinajstić information content (AvgIpc) is 3.01. The van der Waals surface area contributed by atoms with Crippen LogP contribution in [-0.4, -0.2) is 40.5 Å². The van der Waals surface area contributed by atoms with Crippen LogP contribution < -0.4 is 10.6 Å². The Morgan fingerprint density at radius 2 is 2.12 bits per heavy atom. The Hall–Kier alpha value is -1.89. The van der Waals surface area contributed by atoms with Crippen molar-refractivity contribution in [3.8, 4) is 0 Å². The smallest absolute Gasteiger partial charge is 0.180 e. The lowest BCUT2D eigenvalue weighted by molar-refractivity contribution is 0.182. The molecule has 1 aliphatic heterocycles. The third kappa shape index (κ3) is 3.71. The number of nitrogens with two attached hydrogens (primary N) is 1. The minimum Gasteiger partial charge on any atom is -0.375 e. The second-order valence-corrected chi connectivity index (χ2v) is 7.45. The average molecular weight is 376 g/mol. The first kappa shape index (κ1) is 17.9. The van der Waals surface area contributed by atoms with Crippen molar-refractivity contribution in [1.29, 1.82) is 0 Å².